The van der Waals surface area contributed by atoms with Crippen molar-refractivity contribution < 1.29 is 4.79 Å². The van der Waals surface area contributed by atoms with E-state index in [1.165, 1.54) is 0 Å². The molecule has 1 aliphatic carbocycles. The highest BCUT2D eigenvalue weighted by molar-refractivity contribution is 5.90. The second-order valence-corrected chi connectivity index (χ2v) is 5.25. The number of fused-ring (bicyclic) bond motifs is 1. The van der Waals surface area contributed by atoms with E-state index in [1.54, 1.807) is 0 Å². The van der Waals surface area contributed by atoms with E-state index in [1.807, 2.05) is 30.5 Å². The Bertz CT molecular complexity index is 602. The number of nitrogens with one attached hydrogen (secondary N) is 2. The lowest BCUT2D eigenvalue weighted by Crippen LogP contribution is -2.25. The second kappa shape index (κ2) is 5.90. The number of carbonyl (C=O) groups excluding carboxylic acids is 1. The average Bonchev–Trinajstić information content (AvgIpc) is 3.27. The Morgan fingerprint density at radius 1 is 1.25 bits per heavy atom. The molecule has 1 saturated carbocycles. The minimum Gasteiger partial charge on any atom is -0.384 e. The Balaban J connectivity index is 1.50. The molecule has 1 aliphatic rings. The predicted octanol–water partition coefficient (Wildman–Crippen LogP) is 2.71. The largest absolute Gasteiger partial charge is 0.384 e. The van der Waals surface area contributed by atoms with Crippen molar-refractivity contribution in [2.45, 2.75) is 31.7 Å². The standard InChI is InChI=1S/C16H19N3O/c20-16(19-12-7-8-12)6-3-10-17-15-9-11-18-14-5-2-1-4-13(14)15/h1-2,4-5,9,11-12H,3,6-8,10H2,(H,17,18)(H,19,20). The van der Waals surface area contributed by atoms with Crippen LogP contribution in [0.2, 0.25) is 0 Å². The van der Waals surface area contributed by atoms with Gasteiger partial charge in [-0.15, -0.1) is 0 Å². The van der Waals surface area contributed by atoms with Crippen molar-refractivity contribution in [2.24, 2.45) is 0 Å². The third-order valence-electron chi connectivity index (χ3n) is 3.49. The first-order valence-corrected chi connectivity index (χ1v) is 7.20. The van der Waals surface area contributed by atoms with Crippen LogP contribution in [0.4, 0.5) is 5.69 Å². The van der Waals surface area contributed by atoms with Crippen LogP contribution in [0.5, 0.6) is 0 Å². The van der Waals surface area contributed by atoms with E-state index in [0.29, 0.717) is 12.5 Å². The first-order chi connectivity index (χ1) is 9.83. The van der Waals surface area contributed by atoms with Gasteiger partial charge in [0.2, 0.25) is 5.91 Å². The van der Waals surface area contributed by atoms with E-state index in [4.69, 9.17) is 0 Å². The fourth-order valence-corrected chi connectivity index (χ4v) is 2.25. The van der Waals surface area contributed by atoms with Crippen LogP contribution in [0.15, 0.2) is 36.5 Å². The van der Waals surface area contributed by atoms with E-state index >= 15 is 0 Å². The molecule has 2 aromatic rings. The summed E-state index contributed by atoms with van der Waals surface area (Å²) >= 11 is 0. The molecule has 0 bridgehead atoms. The zero-order valence-corrected chi connectivity index (χ0v) is 11.4. The fraction of sp³-hybridized carbons (Fsp3) is 0.375. The number of benzene rings is 1. The maximum absolute atomic E-state index is 11.6. The molecule has 0 aliphatic heterocycles. The van der Waals surface area contributed by atoms with Crippen LogP contribution in [0.25, 0.3) is 10.9 Å². The molecule has 20 heavy (non-hydrogen) atoms. The quantitative estimate of drug-likeness (QED) is 0.793. The number of pyridine rings is 1. The molecular weight excluding hydrogens is 250 g/mol. The van der Waals surface area contributed by atoms with Crippen molar-refractivity contribution in [2.75, 3.05) is 11.9 Å². The third-order valence-corrected chi connectivity index (χ3v) is 3.49. The molecule has 3 rings (SSSR count). The summed E-state index contributed by atoms with van der Waals surface area (Å²) in [7, 11) is 0. The van der Waals surface area contributed by atoms with Crippen LogP contribution in [0.1, 0.15) is 25.7 Å². The molecule has 0 saturated heterocycles. The normalized spacial score (nSPS) is 14.2. The zero-order valence-electron chi connectivity index (χ0n) is 11.4. The molecular formula is C16H19N3O. The number of hydrogen-bond donors (Lipinski definition) is 2. The highest BCUT2D eigenvalue weighted by Gasteiger charge is 2.22. The zero-order chi connectivity index (χ0) is 13.8. The fourth-order valence-electron chi connectivity index (χ4n) is 2.25. The van der Waals surface area contributed by atoms with Crippen LogP contribution in [0.3, 0.4) is 0 Å². The van der Waals surface area contributed by atoms with Gasteiger partial charge in [0.25, 0.3) is 0 Å². The number of aromatic nitrogens is 1. The summed E-state index contributed by atoms with van der Waals surface area (Å²) in [4.78, 5) is 15.9. The topological polar surface area (TPSA) is 54.0 Å². The lowest BCUT2D eigenvalue weighted by molar-refractivity contribution is -0.121. The molecule has 1 amide bonds. The molecule has 2 N–H and O–H groups in total. The summed E-state index contributed by atoms with van der Waals surface area (Å²) in [6.07, 6.45) is 5.53. The second-order valence-electron chi connectivity index (χ2n) is 5.25. The Morgan fingerprint density at radius 3 is 2.95 bits per heavy atom. The number of hydrogen-bond acceptors (Lipinski definition) is 3. The van der Waals surface area contributed by atoms with Crippen LogP contribution in [0, 0.1) is 0 Å². The van der Waals surface area contributed by atoms with Crippen molar-refractivity contribution in [1.82, 2.24) is 10.3 Å². The molecule has 0 atom stereocenters. The van der Waals surface area contributed by atoms with Crippen molar-refractivity contribution in [1.29, 1.82) is 0 Å². The number of carbonyl (C=O) groups is 1. The Hall–Kier alpha value is -2.10. The summed E-state index contributed by atoms with van der Waals surface area (Å²) in [5.74, 6) is 0.175. The third kappa shape index (κ3) is 3.26. The van der Waals surface area contributed by atoms with Gasteiger partial charge in [0.1, 0.15) is 0 Å². The van der Waals surface area contributed by atoms with Gasteiger partial charge in [-0.1, -0.05) is 18.2 Å². The van der Waals surface area contributed by atoms with E-state index in [9.17, 15) is 4.79 Å². The van der Waals surface area contributed by atoms with Gasteiger partial charge < -0.3 is 10.6 Å². The summed E-state index contributed by atoms with van der Waals surface area (Å²) in [6, 6.07) is 10.5. The molecule has 1 aromatic heterocycles. The van der Waals surface area contributed by atoms with Crippen LogP contribution >= 0.6 is 0 Å². The van der Waals surface area contributed by atoms with Gasteiger partial charge in [-0.05, 0) is 31.4 Å². The van der Waals surface area contributed by atoms with E-state index in [0.717, 1.165) is 42.4 Å². The molecule has 1 heterocycles. The molecule has 0 radical (unpaired) electrons. The van der Waals surface area contributed by atoms with Gasteiger partial charge in [-0.25, -0.2) is 0 Å². The van der Waals surface area contributed by atoms with Crippen molar-refractivity contribution in [3.8, 4) is 0 Å². The molecule has 4 nitrogen and oxygen atoms in total. The van der Waals surface area contributed by atoms with E-state index in [-0.39, 0.29) is 5.91 Å². The minimum absolute atomic E-state index is 0.175. The monoisotopic (exact) mass is 269 g/mol. The lowest BCUT2D eigenvalue weighted by atomic mass is 10.2. The maximum Gasteiger partial charge on any atom is 0.220 e. The van der Waals surface area contributed by atoms with Crippen LogP contribution in [-0.2, 0) is 4.79 Å². The highest BCUT2D eigenvalue weighted by atomic mass is 16.1. The summed E-state index contributed by atoms with van der Waals surface area (Å²) in [5, 5.41) is 7.52. The number of rotatable bonds is 6. The van der Waals surface area contributed by atoms with Gasteiger partial charge in [0.05, 0.1) is 5.52 Å². The number of anilines is 1. The Kier molecular flexibility index (Phi) is 3.81. The van der Waals surface area contributed by atoms with E-state index < -0.39 is 0 Å². The number of nitrogens with zero attached hydrogens (tertiary/aromatic N) is 1. The highest BCUT2D eigenvalue weighted by Crippen LogP contribution is 2.21. The summed E-state index contributed by atoms with van der Waals surface area (Å²) in [6.45, 7) is 0.798. The van der Waals surface area contributed by atoms with Crippen molar-refractivity contribution in [3.63, 3.8) is 0 Å². The van der Waals surface area contributed by atoms with Gasteiger partial charge in [-0.2, -0.15) is 0 Å². The van der Waals surface area contributed by atoms with Gasteiger partial charge >= 0.3 is 0 Å². The first kappa shape index (κ1) is 12.9. The van der Waals surface area contributed by atoms with Crippen LogP contribution in [-0.4, -0.2) is 23.5 Å². The van der Waals surface area contributed by atoms with Gasteiger partial charge in [0.15, 0.2) is 0 Å². The number of para-hydroxylation sites is 1. The smallest absolute Gasteiger partial charge is 0.220 e. The first-order valence-electron chi connectivity index (χ1n) is 7.20. The lowest BCUT2D eigenvalue weighted by Gasteiger charge is -2.09. The summed E-state index contributed by atoms with van der Waals surface area (Å²) in [5.41, 5.74) is 2.07. The summed E-state index contributed by atoms with van der Waals surface area (Å²) < 4.78 is 0. The molecule has 0 spiro atoms. The Morgan fingerprint density at radius 2 is 2.10 bits per heavy atom. The Labute approximate surface area is 118 Å². The molecule has 1 fully saturated rings. The van der Waals surface area contributed by atoms with Crippen molar-refractivity contribution >= 4 is 22.5 Å². The average molecular weight is 269 g/mol. The molecule has 104 valence electrons. The van der Waals surface area contributed by atoms with Gasteiger partial charge in [0, 0.05) is 36.3 Å². The molecule has 1 aromatic carbocycles. The molecule has 0 unspecified atom stereocenters. The SMILES string of the molecule is O=C(CCCNc1ccnc2ccccc12)NC1CC1. The van der Waals surface area contributed by atoms with E-state index in [2.05, 4.69) is 21.7 Å². The van der Waals surface area contributed by atoms with Crippen molar-refractivity contribution in [3.05, 3.63) is 36.5 Å². The van der Waals surface area contributed by atoms with Crippen LogP contribution < -0.4 is 10.6 Å². The minimum atomic E-state index is 0.175. The number of amides is 1. The molecule has 4 heteroatoms. The maximum atomic E-state index is 11.6. The predicted molar refractivity (Wildman–Crippen MR) is 80.6 cm³/mol. The van der Waals surface area contributed by atoms with Gasteiger partial charge in [-0.3, -0.25) is 9.78 Å².